The molecule has 4 rings (SSSR count). The van der Waals surface area contributed by atoms with Gasteiger partial charge in [-0.2, -0.15) is 5.26 Å². The standard InChI is InChI=1S/C26H24FN3O/c27-25-11-4-3-10-24(25)20-8-5-9-23(16-20)29-26(31)19-12-14-30(15-13-19)18-22-7-2-1-6-21(22)17-28/h1-11,16,19H,12-15,18H2,(H,29,31). The van der Waals surface area contributed by atoms with E-state index in [0.717, 1.165) is 43.6 Å². The van der Waals surface area contributed by atoms with Gasteiger partial charge in [0.1, 0.15) is 5.82 Å². The van der Waals surface area contributed by atoms with Crippen LogP contribution >= 0.6 is 0 Å². The van der Waals surface area contributed by atoms with Crippen molar-refractivity contribution in [2.45, 2.75) is 19.4 Å². The Morgan fingerprint density at radius 1 is 1.03 bits per heavy atom. The van der Waals surface area contributed by atoms with Crippen LogP contribution in [0.5, 0.6) is 0 Å². The molecule has 1 heterocycles. The lowest BCUT2D eigenvalue weighted by atomic mass is 9.95. The maximum Gasteiger partial charge on any atom is 0.227 e. The second-order valence-corrected chi connectivity index (χ2v) is 7.87. The van der Waals surface area contributed by atoms with E-state index >= 15 is 0 Å². The minimum absolute atomic E-state index is 0.00255. The molecule has 0 aliphatic carbocycles. The lowest BCUT2D eigenvalue weighted by Gasteiger charge is -2.31. The van der Waals surface area contributed by atoms with Gasteiger partial charge in [-0.05, 0) is 61.3 Å². The van der Waals surface area contributed by atoms with Gasteiger partial charge < -0.3 is 5.32 Å². The molecule has 0 bridgehead atoms. The number of hydrogen-bond acceptors (Lipinski definition) is 3. The summed E-state index contributed by atoms with van der Waals surface area (Å²) in [4.78, 5) is 15.1. The summed E-state index contributed by atoms with van der Waals surface area (Å²) in [5.41, 5.74) is 3.66. The Labute approximate surface area is 181 Å². The van der Waals surface area contributed by atoms with Crippen molar-refractivity contribution >= 4 is 11.6 Å². The summed E-state index contributed by atoms with van der Waals surface area (Å²) in [6.45, 7) is 2.35. The van der Waals surface area contributed by atoms with E-state index in [4.69, 9.17) is 0 Å². The maximum absolute atomic E-state index is 14.1. The first-order valence-corrected chi connectivity index (χ1v) is 10.5. The highest BCUT2D eigenvalue weighted by molar-refractivity contribution is 5.93. The molecule has 1 N–H and O–H groups in total. The van der Waals surface area contributed by atoms with Crippen molar-refractivity contribution in [3.8, 4) is 17.2 Å². The van der Waals surface area contributed by atoms with E-state index in [1.54, 1.807) is 18.2 Å². The highest BCUT2D eigenvalue weighted by Gasteiger charge is 2.25. The minimum atomic E-state index is -0.281. The molecule has 3 aromatic carbocycles. The fourth-order valence-electron chi connectivity index (χ4n) is 4.07. The number of nitrogens with zero attached hydrogens (tertiary/aromatic N) is 2. The number of amides is 1. The third-order valence-electron chi connectivity index (χ3n) is 5.81. The number of carbonyl (C=O) groups excluding carboxylic acids is 1. The van der Waals surface area contributed by atoms with Crippen LogP contribution in [0.3, 0.4) is 0 Å². The molecule has 0 spiro atoms. The molecule has 0 saturated carbocycles. The number of benzene rings is 3. The van der Waals surface area contributed by atoms with Crippen LogP contribution in [-0.4, -0.2) is 23.9 Å². The van der Waals surface area contributed by atoms with Gasteiger partial charge in [0.2, 0.25) is 5.91 Å². The van der Waals surface area contributed by atoms with Crippen molar-refractivity contribution in [3.05, 3.63) is 89.7 Å². The molecule has 0 radical (unpaired) electrons. The summed E-state index contributed by atoms with van der Waals surface area (Å²) in [6.07, 6.45) is 1.54. The predicted octanol–water partition coefficient (Wildman–Crippen LogP) is 5.22. The number of rotatable bonds is 5. The van der Waals surface area contributed by atoms with E-state index in [-0.39, 0.29) is 17.6 Å². The van der Waals surface area contributed by atoms with Gasteiger partial charge in [-0.25, -0.2) is 4.39 Å². The number of likely N-dealkylation sites (tertiary alicyclic amines) is 1. The van der Waals surface area contributed by atoms with Gasteiger partial charge in [0.15, 0.2) is 0 Å². The van der Waals surface area contributed by atoms with Crippen LogP contribution < -0.4 is 5.32 Å². The van der Waals surface area contributed by atoms with Crippen LogP contribution in [0, 0.1) is 23.1 Å². The number of nitriles is 1. The second-order valence-electron chi connectivity index (χ2n) is 7.87. The third-order valence-corrected chi connectivity index (χ3v) is 5.81. The molecule has 0 atom stereocenters. The summed E-state index contributed by atoms with van der Waals surface area (Å²) in [5, 5.41) is 12.3. The average Bonchev–Trinajstić information content (AvgIpc) is 2.80. The summed E-state index contributed by atoms with van der Waals surface area (Å²) >= 11 is 0. The smallest absolute Gasteiger partial charge is 0.227 e. The molecule has 1 saturated heterocycles. The molecule has 31 heavy (non-hydrogen) atoms. The first-order valence-electron chi connectivity index (χ1n) is 10.5. The molecular weight excluding hydrogens is 389 g/mol. The second kappa shape index (κ2) is 9.55. The van der Waals surface area contributed by atoms with E-state index in [9.17, 15) is 14.4 Å². The zero-order valence-corrected chi connectivity index (χ0v) is 17.2. The highest BCUT2D eigenvalue weighted by Crippen LogP contribution is 2.26. The maximum atomic E-state index is 14.1. The Hall–Kier alpha value is -3.49. The zero-order chi connectivity index (χ0) is 21.6. The molecule has 4 nitrogen and oxygen atoms in total. The molecular formula is C26H24FN3O. The molecule has 1 aliphatic heterocycles. The SMILES string of the molecule is N#Cc1ccccc1CN1CCC(C(=O)Nc2cccc(-c3ccccc3F)c2)CC1. The number of halogens is 1. The van der Waals surface area contributed by atoms with Crippen molar-refractivity contribution in [2.24, 2.45) is 5.92 Å². The minimum Gasteiger partial charge on any atom is -0.326 e. The van der Waals surface area contributed by atoms with Crippen molar-refractivity contribution in [1.82, 2.24) is 4.90 Å². The highest BCUT2D eigenvalue weighted by atomic mass is 19.1. The largest absolute Gasteiger partial charge is 0.326 e. The van der Waals surface area contributed by atoms with E-state index in [2.05, 4.69) is 16.3 Å². The monoisotopic (exact) mass is 413 g/mol. The number of hydrogen-bond donors (Lipinski definition) is 1. The number of piperidine rings is 1. The summed E-state index contributed by atoms with van der Waals surface area (Å²) < 4.78 is 14.1. The topological polar surface area (TPSA) is 56.1 Å². The Bertz CT molecular complexity index is 1110. The van der Waals surface area contributed by atoms with Gasteiger partial charge in [-0.15, -0.1) is 0 Å². The fourth-order valence-corrected chi connectivity index (χ4v) is 4.07. The van der Waals surface area contributed by atoms with Gasteiger partial charge in [0.25, 0.3) is 0 Å². The van der Waals surface area contributed by atoms with Gasteiger partial charge in [-0.3, -0.25) is 9.69 Å². The molecule has 3 aromatic rings. The van der Waals surface area contributed by atoms with Crippen LogP contribution in [-0.2, 0) is 11.3 Å². The summed E-state index contributed by atoms with van der Waals surface area (Å²) in [7, 11) is 0. The fraction of sp³-hybridized carbons (Fsp3) is 0.231. The quantitative estimate of drug-likeness (QED) is 0.624. The molecule has 0 unspecified atom stereocenters. The van der Waals surface area contributed by atoms with E-state index in [1.165, 1.54) is 6.07 Å². The van der Waals surface area contributed by atoms with Crippen LogP contribution in [0.15, 0.2) is 72.8 Å². The third kappa shape index (κ3) is 4.99. The summed E-state index contributed by atoms with van der Waals surface area (Å²) in [5.74, 6) is -0.335. The van der Waals surface area contributed by atoms with Crippen molar-refractivity contribution in [1.29, 1.82) is 5.26 Å². The Kier molecular flexibility index (Phi) is 6.40. The average molecular weight is 413 g/mol. The number of anilines is 1. The normalized spacial score (nSPS) is 14.7. The molecule has 1 amide bonds. The van der Waals surface area contributed by atoms with E-state index < -0.39 is 0 Å². The van der Waals surface area contributed by atoms with Crippen LogP contribution in [0.25, 0.3) is 11.1 Å². The first-order chi connectivity index (χ1) is 15.1. The van der Waals surface area contributed by atoms with Crippen molar-refractivity contribution < 1.29 is 9.18 Å². The lowest BCUT2D eigenvalue weighted by molar-refractivity contribution is -0.121. The van der Waals surface area contributed by atoms with Crippen LogP contribution in [0.2, 0.25) is 0 Å². The zero-order valence-electron chi connectivity index (χ0n) is 17.2. The molecule has 1 fully saturated rings. The van der Waals surface area contributed by atoms with E-state index in [1.807, 2.05) is 48.5 Å². The van der Waals surface area contributed by atoms with Gasteiger partial charge in [-0.1, -0.05) is 48.5 Å². The van der Waals surface area contributed by atoms with Crippen LogP contribution in [0.1, 0.15) is 24.0 Å². The Morgan fingerprint density at radius 2 is 1.77 bits per heavy atom. The Morgan fingerprint density at radius 3 is 2.55 bits per heavy atom. The molecule has 5 heteroatoms. The first kappa shape index (κ1) is 20.8. The van der Waals surface area contributed by atoms with Crippen LogP contribution in [0.4, 0.5) is 10.1 Å². The van der Waals surface area contributed by atoms with E-state index in [0.29, 0.717) is 16.8 Å². The molecule has 156 valence electrons. The molecule has 0 aromatic heterocycles. The van der Waals surface area contributed by atoms with Gasteiger partial charge in [0.05, 0.1) is 11.6 Å². The van der Waals surface area contributed by atoms with Crippen molar-refractivity contribution in [3.63, 3.8) is 0 Å². The summed E-state index contributed by atoms with van der Waals surface area (Å²) in [6, 6.07) is 23.8. The van der Waals surface area contributed by atoms with Gasteiger partial charge >= 0.3 is 0 Å². The molecule has 1 aliphatic rings. The number of nitrogens with one attached hydrogen (secondary N) is 1. The van der Waals surface area contributed by atoms with Gasteiger partial charge in [0, 0.05) is 23.7 Å². The lowest BCUT2D eigenvalue weighted by Crippen LogP contribution is -2.37. The van der Waals surface area contributed by atoms with Crippen molar-refractivity contribution in [2.75, 3.05) is 18.4 Å². The predicted molar refractivity (Wildman–Crippen MR) is 120 cm³/mol. The Balaban J connectivity index is 1.35. The number of carbonyl (C=O) groups is 1.